The molecule has 4 nitrogen and oxygen atoms in total. The minimum atomic E-state index is 0.159. The van der Waals surface area contributed by atoms with E-state index >= 15 is 0 Å². The summed E-state index contributed by atoms with van der Waals surface area (Å²) in [5.74, 6) is 1.26. The van der Waals surface area contributed by atoms with Crippen LogP contribution in [0.25, 0.3) is 0 Å². The minimum absolute atomic E-state index is 0.159. The third-order valence-corrected chi connectivity index (χ3v) is 4.92. The van der Waals surface area contributed by atoms with Crippen molar-refractivity contribution >= 4 is 17.4 Å². The molecule has 4 heteroatoms. The number of amides is 1. The van der Waals surface area contributed by atoms with E-state index in [1.807, 2.05) is 11.0 Å². The number of hydrogen-bond donors (Lipinski definition) is 1. The fraction of sp³-hybridized carbons (Fsp3) is 0.421. The molecular formula is C19H23N3O. The molecule has 0 unspecified atom stereocenters. The van der Waals surface area contributed by atoms with Crippen LogP contribution in [-0.2, 0) is 6.42 Å². The van der Waals surface area contributed by atoms with Crippen molar-refractivity contribution in [2.24, 2.45) is 0 Å². The van der Waals surface area contributed by atoms with E-state index in [1.54, 1.807) is 0 Å². The molecule has 120 valence electrons. The Bertz CT molecular complexity index is 686. The Morgan fingerprint density at radius 2 is 1.74 bits per heavy atom. The average Bonchev–Trinajstić information content (AvgIpc) is 3.06. The number of aromatic nitrogens is 1. The number of H-pyrrole nitrogens is 1. The van der Waals surface area contributed by atoms with E-state index in [2.05, 4.69) is 40.2 Å². The second-order valence-corrected chi connectivity index (χ2v) is 6.50. The largest absolute Gasteiger partial charge is 0.337 e. The summed E-state index contributed by atoms with van der Waals surface area (Å²) in [6.45, 7) is 2.78. The molecule has 1 aromatic heterocycles. The molecule has 0 aliphatic carbocycles. The molecule has 0 saturated carbocycles. The average molecular weight is 309 g/mol. The molecule has 1 saturated heterocycles. The smallest absolute Gasteiger partial charge is 0.270 e. The fourth-order valence-corrected chi connectivity index (χ4v) is 3.71. The van der Waals surface area contributed by atoms with Gasteiger partial charge < -0.3 is 14.8 Å². The first kappa shape index (κ1) is 14.4. The van der Waals surface area contributed by atoms with E-state index in [-0.39, 0.29) is 5.91 Å². The second-order valence-electron chi connectivity index (χ2n) is 6.50. The van der Waals surface area contributed by atoms with Gasteiger partial charge in [-0.1, -0.05) is 18.2 Å². The standard InChI is InChI=1S/C19H23N3O/c23-19(21-11-5-2-6-12-21)17-14-15-8-7-13-22(18(15)20-17)16-9-3-1-4-10-16/h1,3-4,9-10,14,20H,2,5-8,11-13H2. The van der Waals surface area contributed by atoms with Gasteiger partial charge in [-0.05, 0) is 55.9 Å². The topological polar surface area (TPSA) is 39.3 Å². The van der Waals surface area contributed by atoms with Crippen molar-refractivity contribution in [2.75, 3.05) is 24.5 Å². The summed E-state index contributed by atoms with van der Waals surface area (Å²) in [6, 6.07) is 12.5. The van der Waals surface area contributed by atoms with Crippen molar-refractivity contribution < 1.29 is 4.79 Å². The van der Waals surface area contributed by atoms with Crippen LogP contribution in [0, 0.1) is 0 Å². The summed E-state index contributed by atoms with van der Waals surface area (Å²) in [5, 5.41) is 0. The monoisotopic (exact) mass is 309 g/mol. The van der Waals surface area contributed by atoms with Gasteiger partial charge in [-0.3, -0.25) is 4.79 Å². The lowest BCUT2D eigenvalue weighted by molar-refractivity contribution is 0.0719. The molecule has 1 fully saturated rings. The number of rotatable bonds is 2. The highest BCUT2D eigenvalue weighted by Gasteiger charge is 2.25. The van der Waals surface area contributed by atoms with Gasteiger partial charge >= 0.3 is 0 Å². The maximum absolute atomic E-state index is 12.7. The van der Waals surface area contributed by atoms with Crippen LogP contribution in [0.15, 0.2) is 36.4 Å². The zero-order valence-electron chi connectivity index (χ0n) is 13.4. The maximum Gasteiger partial charge on any atom is 0.270 e. The van der Waals surface area contributed by atoms with Crippen LogP contribution in [0.2, 0.25) is 0 Å². The molecule has 0 spiro atoms. The zero-order chi connectivity index (χ0) is 15.6. The van der Waals surface area contributed by atoms with Crippen LogP contribution in [0.3, 0.4) is 0 Å². The van der Waals surface area contributed by atoms with Gasteiger partial charge in [0.2, 0.25) is 0 Å². The van der Waals surface area contributed by atoms with E-state index in [1.165, 1.54) is 17.7 Å². The summed E-state index contributed by atoms with van der Waals surface area (Å²) in [6.07, 6.45) is 5.66. The molecule has 1 amide bonds. The number of aryl methyl sites for hydroxylation is 1. The van der Waals surface area contributed by atoms with Crippen molar-refractivity contribution in [3.63, 3.8) is 0 Å². The van der Waals surface area contributed by atoms with Gasteiger partial charge in [-0.25, -0.2) is 0 Å². The number of para-hydroxylation sites is 1. The van der Waals surface area contributed by atoms with E-state index in [0.717, 1.165) is 56.8 Å². The molecule has 0 radical (unpaired) electrons. The van der Waals surface area contributed by atoms with Crippen molar-refractivity contribution in [2.45, 2.75) is 32.1 Å². The van der Waals surface area contributed by atoms with Gasteiger partial charge in [0, 0.05) is 25.3 Å². The number of nitrogens with zero attached hydrogens (tertiary/aromatic N) is 2. The van der Waals surface area contributed by atoms with Gasteiger partial charge in [0.05, 0.1) is 0 Å². The second kappa shape index (κ2) is 6.11. The highest BCUT2D eigenvalue weighted by molar-refractivity contribution is 5.94. The number of nitrogens with one attached hydrogen (secondary N) is 1. The van der Waals surface area contributed by atoms with Crippen LogP contribution in [0.4, 0.5) is 11.5 Å². The number of likely N-dealkylation sites (tertiary alicyclic amines) is 1. The van der Waals surface area contributed by atoms with Gasteiger partial charge in [0.15, 0.2) is 0 Å². The third kappa shape index (κ3) is 2.74. The lowest BCUT2D eigenvalue weighted by Crippen LogP contribution is -2.35. The first-order valence-corrected chi connectivity index (χ1v) is 8.67. The number of hydrogen-bond acceptors (Lipinski definition) is 2. The summed E-state index contributed by atoms with van der Waals surface area (Å²) in [4.78, 5) is 20.4. The van der Waals surface area contributed by atoms with Crippen molar-refractivity contribution in [1.29, 1.82) is 0 Å². The number of piperidine rings is 1. The summed E-state index contributed by atoms with van der Waals surface area (Å²) in [7, 11) is 0. The molecular weight excluding hydrogens is 286 g/mol. The molecule has 2 aliphatic rings. The van der Waals surface area contributed by atoms with Gasteiger partial charge in [-0.15, -0.1) is 0 Å². The van der Waals surface area contributed by atoms with Crippen LogP contribution < -0.4 is 4.90 Å². The Morgan fingerprint density at radius 3 is 2.52 bits per heavy atom. The van der Waals surface area contributed by atoms with Gasteiger partial charge in [0.25, 0.3) is 5.91 Å². The summed E-state index contributed by atoms with van der Waals surface area (Å²) in [5.41, 5.74) is 3.20. The number of benzene rings is 1. The number of carbonyl (C=O) groups excluding carboxylic acids is 1. The van der Waals surface area contributed by atoms with Crippen LogP contribution in [0.1, 0.15) is 41.7 Å². The number of carbonyl (C=O) groups is 1. The molecule has 2 aliphatic heterocycles. The molecule has 3 heterocycles. The van der Waals surface area contributed by atoms with E-state index in [4.69, 9.17) is 0 Å². The van der Waals surface area contributed by atoms with Crippen LogP contribution in [-0.4, -0.2) is 35.4 Å². The third-order valence-electron chi connectivity index (χ3n) is 4.92. The zero-order valence-corrected chi connectivity index (χ0v) is 13.4. The number of anilines is 2. The lowest BCUT2D eigenvalue weighted by atomic mass is 10.1. The van der Waals surface area contributed by atoms with Gasteiger partial charge in [-0.2, -0.15) is 0 Å². The predicted molar refractivity (Wildman–Crippen MR) is 92.3 cm³/mol. The Morgan fingerprint density at radius 1 is 0.957 bits per heavy atom. The SMILES string of the molecule is O=C(c1cc2c([nH]1)N(c1ccccc1)CCC2)N1CCCCC1. The van der Waals surface area contributed by atoms with Crippen LogP contribution >= 0.6 is 0 Å². The quantitative estimate of drug-likeness (QED) is 0.918. The molecule has 2 aromatic rings. The molecule has 4 rings (SSSR count). The summed E-state index contributed by atoms with van der Waals surface area (Å²) >= 11 is 0. The predicted octanol–water partition coefficient (Wildman–Crippen LogP) is 3.73. The highest BCUT2D eigenvalue weighted by atomic mass is 16.2. The Kier molecular flexibility index (Phi) is 3.82. The normalized spacial score (nSPS) is 17.9. The maximum atomic E-state index is 12.7. The molecule has 0 atom stereocenters. The molecule has 23 heavy (non-hydrogen) atoms. The first-order chi connectivity index (χ1) is 11.3. The first-order valence-electron chi connectivity index (χ1n) is 8.67. The summed E-state index contributed by atoms with van der Waals surface area (Å²) < 4.78 is 0. The molecule has 1 aromatic carbocycles. The Balaban J connectivity index is 1.63. The fourth-order valence-electron chi connectivity index (χ4n) is 3.71. The lowest BCUT2D eigenvalue weighted by Gasteiger charge is -2.29. The Labute approximate surface area is 137 Å². The van der Waals surface area contributed by atoms with Crippen molar-refractivity contribution in [3.05, 3.63) is 47.7 Å². The van der Waals surface area contributed by atoms with E-state index in [9.17, 15) is 4.79 Å². The van der Waals surface area contributed by atoms with Crippen molar-refractivity contribution in [3.8, 4) is 0 Å². The molecule has 1 N–H and O–H groups in total. The highest BCUT2D eigenvalue weighted by Crippen LogP contribution is 2.33. The number of aromatic amines is 1. The number of fused-ring (bicyclic) bond motifs is 1. The van der Waals surface area contributed by atoms with Crippen LogP contribution in [0.5, 0.6) is 0 Å². The minimum Gasteiger partial charge on any atom is -0.337 e. The Hall–Kier alpha value is -2.23. The molecule has 0 bridgehead atoms. The van der Waals surface area contributed by atoms with E-state index in [0.29, 0.717) is 0 Å². The van der Waals surface area contributed by atoms with E-state index < -0.39 is 0 Å². The van der Waals surface area contributed by atoms with Crippen molar-refractivity contribution in [1.82, 2.24) is 9.88 Å². The van der Waals surface area contributed by atoms with Gasteiger partial charge in [0.1, 0.15) is 11.5 Å².